The molecule has 37 heavy (non-hydrogen) atoms. The van der Waals surface area contributed by atoms with Crippen LogP contribution in [0.1, 0.15) is 35.4 Å². The molecule has 190 valence electrons. The molecular weight excluding hydrogens is 504 g/mol. The van der Waals surface area contributed by atoms with Gasteiger partial charge in [0.1, 0.15) is 4.83 Å². The predicted octanol–water partition coefficient (Wildman–Crippen LogP) is 4.70. The molecular formula is C28H28N4O3S2. The molecule has 0 fully saturated rings. The number of anilines is 1. The van der Waals surface area contributed by atoms with E-state index in [0.717, 1.165) is 33.7 Å². The van der Waals surface area contributed by atoms with E-state index < -0.39 is 0 Å². The van der Waals surface area contributed by atoms with E-state index in [0.29, 0.717) is 41.4 Å². The summed E-state index contributed by atoms with van der Waals surface area (Å²) in [5.41, 5.74) is 3.80. The minimum Gasteiger partial charge on any atom is -0.337 e. The third kappa shape index (κ3) is 5.47. The summed E-state index contributed by atoms with van der Waals surface area (Å²) in [5.74, 6) is 0.0115. The van der Waals surface area contributed by atoms with Crippen LogP contribution in [0.2, 0.25) is 0 Å². The lowest BCUT2D eigenvalue weighted by Gasteiger charge is -2.25. The second-order valence-electron chi connectivity index (χ2n) is 9.04. The first-order valence-corrected chi connectivity index (χ1v) is 14.1. The Morgan fingerprint density at radius 2 is 1.89 bits per heavy atom. The number of fused-ring (bicyclic) bond motifs is 3. The highest BCUT2D eigenvalue weighted by molar-refractivity contribution is 7.99. The Kier molecular flexibility index (Phi) is 7.43. The van der Waals surface area contributed by atoms with Gasteiger partial charge in [-0.2, -0.15) is 0 Å². The predicted molar refractivity (Wildman–Crippen MR) is 149 cm³/mol. The molecule has 0 unspecified atom stereocenters. The van der Waals surface area contributed by atoms with Gasteiger partial charge in [0, 0.05) is 24.0 Å². The summed E-state index contributed by atoms with van der Waals surface area (Å²) < 4.78 is 1.68. The average molecular weight is 533 g/mol. The number of thioether (sulfide) groups is 1. The average Bonchev–Trinajstić information content (AvgIpc) is 3.27. The molecule has 0 atom stereocenters. The number of carbonyl (C=O) groups excluding carboxylic acids is 2. The quantitative estimate of drug-likeness (QED) is 0.275. The van der Waals surface area contributed by atoms with E-state index in [1.807, 2.05) is 54.6 Å². The van der Waals surface area contributed by atoms with Gasteiger partial charge < -0.3 is 10.2 Å². The third-order valence-corrected chi connectivity index (χ3v) is 8.59. The van der Waals surface area contributed by atoms with Crippen LogP contribution < -0.4 is 10.9 Å². The Hall–Kier alpha value is -3.43. The van der Waals surface area contributed by atoms with E-state index in [-0.39, 0.29) is 23.1 Å². The number of nitrogens with one attached hydrogen (secondary N) is 1. The Bertz CT molecular complexity index is 1530. The largest absolute Gasteiger partial charge is 0.337 e. The molecule has 3 heterocycles. The van der Waals surface area contributed by atoms with E-state index in [1.54, 1.807) is 16.4 Å². The molecule has 2 aromatic heterocycles. The summed E-state index contributed by atoms with van der Waals surface area (Å²) >= 11 is 2.74. The zero-order chi connectivity index (χ0) is 25.9. The molecule has 1 aliphatic heterocycles. The molecule has 1 aliphatic rings. The van der Waals surface area contributed by atoms with Crippen LogP contribution >= 0.6 is 23.1 Å². The minimum absolute atomic E-state index is 0.0317. The van der Waals surface area contributed by atoms with E-state index in [9.17, 15) is 14.4 Å². The Labute approximate surface area is 223 Å². The minimum atomic E-state index is -0.151. The molecule has 5 rings (SSSR count). The van der Waals surface area contributed by atoms with E-state index in [4.69, 9.17) is 4.98 Å². The van der Waals surface area contributed by atoms with Crippen molar-refractivity contribution in [3.63, 3.8) is 0 Å². The monoisotopic (exact) mass is 532 g/mol. The van der Waals surface area contributed by atoms with Gasteiger partial charge in [0.25, 0.3) is 5.56 Å². The number of aromatic nitrogens is 2. The van der Waals surface area contributed by atoms with Crippen LogP contribution in [0.3, 0.4) is 0 Å². The zero-order valence-electron chi connectivity index (χ0n) is 20.8. The van der Waals surface area contributed by atoms with Gasteiger partial charge in [-0.15, -0.1) is 11.3 Å². The number of rotatable bonds is 7. The highest BCUT2D eigenvalue weighted by atomic mass is 32.2. The number of amides is 2. The molecule has 2 aromatic carbocycles. The molecule has 2 amide bonds. The van der Waals surface area contributed by atoms with Crippen LogP contribution in [0, 0.1) is 0 Å². The van der Waals surface area contributed by atoms with Gasteiger partial charge in [-0.25, -0.2) is 4.98 Å². The van der Waals surface area contributed by atoms with E-state index in [1.165, 1.54) is 23.1 Å². The summed E-state index contributed by atoms with van der Waals surface area (Å²) in [6, 6.07) is 17.6. The molecule has 0 aliphatic carbocycles. The van der Waals surface area contributed by atoms with Crippen molar-refractivity contribution in [3.8, 4) is 0 Å². The molecule has 0 saturated heterocycles. The first kappa shape index (κ1) is 25.2. The van der Waals surface area contributed by atoms with Gasteiger partial charge in [-0.3, -0.25) is 19.0 Å². The van der Waals surface area contributed by atoms with Crippen LogP contribution in [0.25, 0.3) is 10.2 Å². The Morgan fingerprint density at radius 1 is 1.11 bits per heavy atom. The maximum absolute atomic E-state index is 13.8. The van der Waals surface area contributed by atoms with Gasteiger partial charge >= 0.3 is 0 Å². The fourth-order valence-electron chi connectivity index (χ4n) is 4.54. The summed E-state index contributed by atoms with van der Waals surface area (Å²) in [6.45, 7) is 5.12. The number of hydrogen-bond acceptors (Lipinski definition) is 6. The van der Waals surface area contributed by atoms with Crippen molar-refractivity contribution >= 4 is 50.8 Å². The molecule has 4 aromatic rings. The summed E-state index contributed by atoms with van der Waals surface area (Å²) in [7, 11) is 0. The topological polar surface area (TPSA) is 84.3 Å². The summed E-state index contributed by atoms with van der Waals surface area (Å²) in [6.07, 6.45) is 1.53. The molecule has 7 nitrogen and oxygen atoms in total. The van der Waals surface area contributed by atoms with Gasteiger partial charge in [0.15, 0.2) is 5.16 Å². The molecule has 0 bridgehead atoms. The van der Waals surface area contributed by atoms with Crippen molar-refractivity contribution in [1.29, 1.82) is 0 Å². The highest BCUT2D eigenvalue weighted by Crippen LogP contribution is 2.34. The lowest BCUT2D eigenvalue weighted by atomic mass is 10.1. The van der Waals surface area contributed by atoms with Crippen molar-refractivity contribution < 1.29 is 9.59 Å². The third-order valence-electron chi connectivity index (χ3n) is 6.51. The van der Waals surface area contributed by atoms with Crippen molar-refractivity contribution in [2.24, 2.45) is 0 Å². The number of thiophene rings is 1. The normalized spacial score (nSPS) is 13.0. The fourth-order valence-corrected chi connectivity index (χ4v) is 6.61. The lowest BCUT2D eigenvalue weighted by molar-refractivity contribution is -0.129. The molecule has 0 spiro atoms. The number of carbonyl (C=O) groups is 2. The Balaban J connectivity index is 1.47. The first-order valence-electron chi connectivity index (χ1n) is 12.3. The number of aryl methyl sites for hydroxylation is 1. The zero-order valence-corrected chi connectivity index (χ0v) is 22.5. The van der Waals surface area contributed by atoms with Gasteiger partial charge in [0.2, 0.25) is 11.8 Å². The SMILES string of the molecule is CCc1cccc(NC(=O)CSc2nc3sc4c(c3c(=O)n2Cc2ccccc2)CCN(C(C)=O)C4)c1. The van der Waals surface area contributed by atoms with Crippen molar-refractivity contribution in [2.75, 3.05) is 17.6 Å². The van der Waals surface area contributed by atoms with Crippen molar-refractivity contribution in [1.82, 2.24) is 14.5 Å². The second kappa shape index (κ2) is 10.9. The standard InChI is InChI=1S/C28H28N4O3S2/c1-3-19-10-7-11-21(14-19)29-24(34)17-36-28-30-26-25(22-12-13-31(18(2)33)16-23(22)37-26)27(35)32(28)15-20-8-5-4-6-9-20/h4-11,14H,3,12-13,15-17H2,1-2H3,(H,29,34). The van der Waals surface area contributed by atoms with Gasteiger partial charge in [0.05, 0.1) is 24.2 Å². The number of benzene rings is 2. The van der Waals surface area contributed by atoms with Crippen molar-refractivity contribution in [2.45, 2.75) is 44.9 Å². The van der Waals surface area contributed by atoms with Crippen LogP contribution in [-0.2, 0) is 35.5 Å². The van der Waals surface area contributed by atoms with Crippen LogP contribution in [0.4, 0.5) is 5.69 Å². The Morgan fingerprint density at radius 3 is 2.65 bits per heavy atom. The maximum atomic E-state index is 13.8. The summed E-state index contributed by atoms with van der Waals surface area (Å²) in [5, 5.41) is 4.11. The highest BCUT2D eigenvalue weighted by Gasteiger charge is 2.26. The number of nitrogens with zero attached hydrogens (tertiary/aromatic N) is 3. The van der Waals surface area contributed by atoms with Crippen LogP contribution in [0.15, 0.2) is 64.5 Å². The van der Waals surface area contributed by atoms with E-state index in [2.05, 4.69) is 12.2 Å². The fraction of sp³-hybridized carbons (Fsp3) is 0.286. The van der Waals surface area contributed by atoms with Crippen molar-refractivity contribution in [3.05, 3.63) is 86.5 Å². The van der Waals surface area contributed by atoms with Crippen LogP contribution in [0.5, 0.6) is 0 Å². The second-order valence-corrected chi connectivity index (χ2v) is 11.1. The van der Waals surface area contributed by atoms with E-state index >= 15 is 0 Å². The molecule has 9 heteroatoms. The first-order chi connectivity index (χ1) is 17.9. The molecule has 0 radical (unpaired) electrons. The maximum Gasteiger partial charge on any atom is 0.263 e. The van der Waals surface area contributed by atoms with Gasteiger partial charge in [-0.05, 0) is 41.7 Å². The molecule has 0 saturated carbocycles. The van der Waals surface area contributed by atoms with Gasteiger partial charge in [-0.1, -0.05) is 61.2 Å². The van der Waals surface area contributed by atoms with Crippen LogP contribution in [-0.4, -0.2) is 38.6 Å². The smallest absolute Gasteiger partial charge is 0.263 e. The lowest BCUT2D eigenvalue weighted by Crippen LogP contribution is -2.34. The number of hydrogen-bond donors (Lipinski definition) is 1. The molecule has 1 N–H and O–H groups in total. The summed E-state index contributed by atoms with van der Waals surface area (Å²) in [4.78, 5) is 46.9.